The highest BCUT2D eigenvalue weighted by molar-refractivity contribution is 7.80. The lowest BCUT2D eigenvalue weighted by molar-refractivity contribution is 0.529. The van der Waals surface area contributed by atoms with Crippen molar-refractivity contribution in [1.82, 2.24) is 0 Å². The van der Waals surface area contributed by atoms with Crippen molar-refractivity contribution in [2.75, 3.05) is 0 Å². The Morgan fingerprint density at radius 3 is 1.38 bits per heavy atom. The number of thiol groups is 1. The van der Waals surface area contributed by atoms with Gasteiger partial charge in [0.25, 0.3) is 0 Å². The van der Waals surface area contributed by atoms with E-state index in [0.29, 0.717) is 5.25 Å². The van der Waals surface area contributed by atoms with Crippen molar-refractivity contribution in [3.8, 4) is 0 Å². The van der Waals surface area contributed by atoms with Crippen LogP contribution in [-0.2, 0) is 0 Å². The van der Waals surface area contributed by atoms with E-state index in [9.17, 15) is 0 Å². The van der Waals surface area contributed by atoms with Gasteiger partial charge >= 0.3 is 0 Å². The maximum Gasteiger partial charge on any atom is 0.00168 e. The number of unbranched alkanes of at least 4 members (excludes halogenated alkanes) is 13. The molecule has 127 valence electrons. The molecule has 0 aliphatic carbocycles. The molecule has 0 aromatic heterocycles. The Morgan fingerprint density at radius 1 is 0.619 bits per heavy atom. The normalized spacial score (nSPS) is 12.7. The first-order valence-corrected chi connectivity index (χ1v) is 10.3. The second-order valence-electron chi connectivity index (χ2n) is 6.68. The summed E-state index contributed by atoms with van der Waals surface area (Å²) in [5, 5.41) is 0.597. The second kappa shape index (κ2) is 18.4. The lowest BCUT2D eigenvalue weighted by Gasteiger charge is -2.08. The van der Waals surface area contributed by atoms with Gasteiger partial charge in [-0.2, -0.15) is 12.6 Å². The van der Waals surface area contributed by atoms with Gasteiger partial charge in [0, 0.05) is 5.25 Å². The van der Waals surface area contributed by atoms with Crippen LogP contribution in [0.2, 0.25) is 0 Å². The van der Waals surface area contributed by atoms with Gasteiger partial charge in [-0.05, 0) is 12.8 Å². The Kier molecular flexibility index (Phi) is 18.7. The maximum atomic E-state index is 4.59. The van der Waals surface area contributed by atoms with Crippen LogP contribution in [0, 0.1) is 6.92 Å². The fourth-order valence-electron chi connectivity index (χ4n) is 2.95. The van der Waals surface area contributed by atoms with E-state index in [4.69, 9.17) is 0 Å². The zero-order valence-corrected chi connectivity index (χ0v) is 15.6. The van der Waals surface area contributed by atoms with Crippen LogP contribution in [0.5, 0.6) is 0 Å². The Bertz CT molecular complexity index is 179. The predicted molar refractivity (Wildman–Crippen MR) is 102 cm³/mol. The fourth-order valence-corrected chi connectivity index (χ4v) is 3.32. The molecule has 0 saturated carbocycles. The topological polar surface area (TPSA) is 0 Å². The Morgan fingerprint density at radius 2 is 1.00 bits per heavy atom. The summed E-state index contributed by atoms with van der Waals surface area (Å²) in [6, 6.07) is 0. The van der Waals surface area contributed by atoms with Gasteiger partial charge in [-0.3, -0.25) is 0 Å². The molecule has 1 heteroatoms. The first-order chi connectivity index (χ1) is 10.3. The lowest BCUT2D eigenvalue weighted by Crippen LogP contribution is -1.97. The summed E-state index contributed by atoms with van der Waals surface area (Å²) in [4.78, 5) is 0. The van der Waals surface area contributed by atoms with Crippen LogP contribution >= 0.6 is 12.6 Å². The lowest BCUT2D eigenvalue weighted by atomic mass is 10.0. The molecule has 0 heterocycles. The van der Waals surface area contributed by atoms with Gasteiger partial charge in [-0.25, -0.2) is 0 Å². The summed E-state index contributed by atoms with van der Waals surface area (Å²) in [6.07, 6.45) is 23.7. The van der Waals surface area contributed by atoms with Crippen molar-refractivity contribution in [1.29, 1.82) is 0 Å². The number of hydrogen-bond acceptors (Lipinski definition) is 1. The molecule has 0 bridgehead atoms. The zero-order valence-electron chi connectivity index (χ0n) is 14.8. The van der Waals surface area contributed by atoms with Crippen LogP contribution in [0.4, 0.5) is 0 Å². The first-order valence-electron chi connectivity index (χ1n) is 9.78. The van der Waals surface area contributed by atoms with Gasteiger partial charge in [-0.1, -0.05) is 110 Å². The third kappa shape index (κ3) is 18.3. The van der Waals surface area contributed by atoms with Gasteiger partial charge in [0.15, 0.2) is 0 Å². The fraction of sp³-hybridized carbons (Fsp3) is 0.950. The monoisotopic (exact) mass is 313 g/mol. The molecular weight excluding hydrogens is 272 g/mol. The average Bonchev–Trinajstić information content (AvgIpc) is 2.48. The van der Waals surface area contributed by atoms with Crippen LogP contribution in [0.15, 0.2) is 0 Å². The van der Waals surface area contributed by atoms with Crippen molar-refractivity contribution < 1.29 is 0 Å². The van der Waals surface area contributed by atoms with Crippen LogP contribution in [0.25, 0.3) is 0 Å². The van der Waals surface area contributed by atoms with Gasteiger partial charge in [-0.15, -0.1) is 0 Å². The summed E-state index contributed by atoms with van der Waals surface area (Å²) in [7, 11) is 0. The number of rotatable bonds is 17. The zero-order chi connectivity index (χ0) is 15.6. The first kappa shape index (κ1) is 21.4. The molecule has 0 nitrogen and oxygen atoms in total. The Hall–Kier alpha value is 0.350. The van der Waals surface area contributed by atoms with Gasteiger partial charge in [0.2, 0.25) is 0 Å². The van der Waals surface area contributed by atoms with Crippen LogP contribution in [0.1, 0.15) is 116 Å². The van der Waals surface area contributed by atoms with E-state index in [0.717, 1.165) is 6.42 Å². The minimum atomic E-state index is 0.597. The highest BCUT2D eigenvalue weighted by Gasteiger charge is 2.00. The minimum Gasteiger partial charge on any atom is -0.176 e. The van der Waals surface area contributed by atoms with E-state index >= 15 is 0 Å². The minimum absolute atomic E-state index is 0.597. The highest BCUT2D eigenvalue weighted by atomic mass is 32.1. The predicted octanol–water partition coefficient (Wildman–Crippen LogP) is 7.77. The van der Waals surface area contributed by atoms with Crippen LogP contribution in [-0.4, -0.2) is 5.25 Å². The molecule has 0 spiro atoms. The molecule has 0 N–H and O–H groups in total. The standard InChI is InChI=1S/C20H41S/c1-3-5-6-7-8-9-10-11-12-13-14-15-16-17-19-20(21)18-4-2/h20-21H,2-19H2,1H3. The molecule has 0 saturated heterocycles. The summed E-state index contributed by atoms with van der Waals surface area (Å²) in [5.74, 6) is 0. The highest BCUT2D eigenvalue weighted by Crippen LogP contribution is 2.16. The molecule has 0 rings (SSSR count). The Balaban J connectivity index is 2.99. The molecule has 1 unspecified atom stereocenters. The molecule has 0 aromatic carbocycles. The molecule has 0 amide bonds. The summed E-state index contributed by atoms with van der Waals surface area (Å²) >= 11 is 4.59. The summed E-state index contributed by atoms with van der Waals surface area (Å²) in [5.41, 5.74) is 0. The largest absolute Gasteiger partial charge is 0.176 e. The van der Waals surface area contributed by atoms with Crippen molar-refractivity contribution in [3.63, 3.8) is 0 Å². The van der Waals surface area contributed by atoms with Crippen molar-refractivity contribution in [2.45, 2.75) is 121 Å². The smallest absolute Gasteiger partial charge is 0.00168 e. The molecule has 0 aliphatic rings. The maximum absolute atomic E-state index is 4.59. The molecule has 21 heavy (non-hydrogen) atoms. The third-order valence-electron chi connectivity index (χ3n) is 4.43. The molecule has 0 fully saturated rings. The van der Waals surface area contributed by atoms with E-state index in [2.05, 4.69) is 26.5 Å². The van der Waals surface area contributed by atoms with E-state index in [1.165, 1.54) is 103 Å². The molecule has 0 aromatic rings. The molecule has 1 atom stereocenters. The van der Waals surface area contributed by atoms with Gasteiger partial charge < -0.3 is 0 Å². The van der Waals surface area contributed by atoms with Gasteiger partial charge in [0.05, 0.1) is 0 Å². The molecule has 0 aliphatic heterocycles. The van der Waals surface area contributed by atoms with E-state index < -0.39 is 0 Å². The number of hydrogen-bond donors (Lipinski definition) is 1. The van der Waals surface area contributed by atoms with E-state index in [1.54, 1.807) is 0 Å². The van der Waals surface area contributed by atoms with Crippen molar-refractivity contribution in [2.24, 2.45) is 0 Å². The summed E-state index contributed by atoms with van der Waals surface area (Å²) in [6.45, 7) is 6.19. The summed E-state index contributed by atoms with van der Waals surface area (Å²) < 4.78 is 0. The average molecular weight is 314 g/mol. The molecular formula is C20H41S. The van der Waals surface area contributed by atoms with Crippen LogP contribution in [0.3, 0.4) is 0 Å². The van der Waals surface area contributed by atoms with Crippen LogP contribution < -0.4 is 0 Å². The second-order valence-corrected chi connectivity index (χ2v) is 7.41. The SMILES string of the molecule is [CH2]CCC(S)CCCCCCCCCCCCCCCC. The van der Waals surface area contributed by atoms with Crippen molar-refractivity contribution in [3.05, 3.63) is 6.92 Å². The van der Waals surface area contributed by atoms with Crippen molar-refractivity contribution >= 4 is 12.6 Å². The third-order valence-corrected chi connectivity index (χ3v) is 4.94. The Labute approximate surface area is 141 Å². The van der Waals surface area contributed by atoms with Gasteiger partial charge in [0.1, 0.15) is 0 Å². The van der Waals surface area contributed by atoms with E-state index in [-0.39, 0.29) is 0 Å². The quantitative estimate of drug-likeness (QED) is 0.206. The van der Waals surface area contributed by atoms with E-state index in [1.807, 2.05) is 0 Å². The molecule has 1 radical (unpaired) electrons.